The largest absolute Gasteiger partial charge is 0.457 e. The molecule has 2 heterocycles. The maximum atomic E-state index is 12.6. The number of nitrogens with one attached hydrogen (secondary N) is 4. The van der Waals surface area contributed by atoms with Gasteiger partial charge in [0.1, 0.15) is 36.2 Å². The van der Waals surface area contributed by atoms with Gasteiger partial charge in [0.25, 0.3) is 0 Å². The Labute approximate surface area is 284 Å². The van der Waals surface area contributed by atoms with Gasteiger partial charge in [0.2, 0.25) is 11.8 Å². The summed E-state index contributed by atoms with van der Waals surface area (Å²) in [6.45, 7) is 5.18. The summed E-state index contributed by atoms with van der Waals surface area (Å²) < 4.78 is 15.2. The maximum Gasteiger partial charge on any atom is 0.407 e. The average molecular weight is 675 g/mol. The lowest BCUT2D eigenvalue weighted by Gasteiger charge is -2.21. The molecule has 2 aromatic carbocycles. The summed E-state index contributed by atoms with van der Waals surface area (Å²) in [5.74, 6) is 2.02. The molecule has 4 amide bonds. The normalized spacial score (nSPS) is 10.6. The molecular formula is C34H42N8O7. The molecule has 15 heteroatoms. The van der Waals surface area contributed by atoms with Crippen LogP contribution in [0.4, 0.5) is 9.59 Å². The van der Waals surface area contributed by atoms with Crippen molar-refractivity contribution in [1.29, 1.82) is 0 Å². The summed E-state index contributed by atoms with van der Waals surface area (Å²) >= 11 is 0. The Morgan fingerprint density at radius 1 is 0.694 bits per heavy atom. The van der Waals surface area contributed by atoms with Crippen LogP contribution in [0.15, 0.2) is 60.9 Å². The number of aromatic amines is 2. The number of carbonyl (C=O) groups excluding carboxylic acids is 4. The molecule has 0 saturated carbocycles. The number of methoxy groups -OCH3 is 2. The highest BCUT2D eigenvalue weighted by Gasteiger charge is 2.18. The second-order valence-corrected chi connectivity index (χ2v) is 11.0. The maximum absolute atomic E-state index is 12.6. The topological polar surface area (TPSA) is 184 Å². The summed E-state index contributed by atoms with van der Waals surface area (Å²) in [5, 5.41) is 4.84. The fraction of sp³-hybridized carbons (Fsp3) is 0.353. The zero-order valence-electron chi connectivity index (χ0n) is 28.1. The summed E-state index contributed by atoms with van der Waals surface area (Å²) in [7, 11) is 2.49. The molecule has 0 unspecified atom stereocenters. The number of rotatable bonds is 16. The second-order valence-electron chi connectivity index (χ2n) is 11.0. The van der Waals surface area contributed by atoms with E-state index in [0.717, 1.165) is 35.4 Å². The lowest BCUT2D eigenvalue weighted by molar-refractivity contribution is -0.131. The molecule has 0 bridgehead atoms. The highest BCUT2D eigenvalue weighted by molar-refractivity contribution is 5.82. The monoisotopic (exact) mass is 674 g/mol. The van der Waals surface area contributed by atoms with Gasteiger partial charge in [-0.25, -0.2) is 19.6 Å². The van der Waals surface area contributed by atoms with Crippen molar-refractivity contribution in [2.45, 2.75) is 39.8 Å². The van der Waals surface area contributed by atoms with E-state index in [4.69, 9.17) is 4.74 Å². The number of H-pyrrole nitrogens is 2. The van der Waals surface area contributed by atoms with Crippen LogP contribution in [0, 0.1) is 0 Å². The average Bonchev–Trinajstić information content (AvgIpc) is 3.79. The minimum Gasteiger partial charge on any atom is -0.457 e. The molecule has 0 atom stereocenters. The van der Waals surface area contributed by atoms with Gasteiger partial charge in [0.15, 0.2) is 0 Å². The van der Waals surface area contributed by atoms with Crippen molar-refractivity contribution < 1.29 is 33.4 Å². The first-order valence-electron chi connectivity index (χ1n) is 15.9. The van der Waals surface area contributed by atoms with Crippen LogP contribution in [-0.2, 0) is 32.2 Å². The van der Waals surface area contributed by atoms with Gasteiger partial charge in [-0.15, -0.1) is 0 Å². The number of benzene rings is 2. The quantitative estimate of drug-likeness (QED) is 0.133. The van der Waals surface area contributed by atoms with Gasteiger partial charge in [-0.2, -0.15) is 0 Å². The number of amides is 4. The van der Waals surface area contributed by atoms with Crippen LogP contribution in [0.3, 0.4) is 0 Å². The van der Waals surface area contributed by atoms with Gasteiger partial charge < -0.3 is 44.6 Å². The third-order valence-electron chi connectivity index (χ3n) is 7.32. The Morgan fingerprint density at radius 3 is 1.69 bits per heavy atom. The fourth-order valence-electron chi connectivity index (χ4n) is 4.89. The lowest BCUT2D eigenvalue weighted by atomic mass is 10.1. The zero-order valence-corrected chi connectivity index (χ0v) is 28.1. The van der Waals surface area contributed by atoms with Gasteiger partial charge >= 0.3 is 12.2 Å². The van der Waals surface area contributed by atoms with E-state index in [2.05, 4.69) is 40.0 Å². The number of alkyl carbamates (subject to hydrolysis) is 2. The van der Waals surface area contributed by atoms with Gasteiger partial charge in [0, 0.05) is 18.7 Å². The molecule has 4 rings (SSSR count). The van der Waals surface area contributed by atoms with E-state index in [-0.39, 0.29) is 38.0 Å². The molecule has 49 heavy (non-hydrogen) atoms. The predicted molar refractivity (Wildman–Crippen MR) is 180 cm³/mol. The molecule has 0 fully saturated rings. The van der Waals surface area contributed by atoms with E-state index in [1.807, 2.05) is 62.4 Å². The van der Waals surface area contributed by atoms with Gasteiger partial charge in [-0.05, 0) is 54.8 Å². The van der Waals surface area contributed by atoms with Crippen molar-refractivity contribution in [2.24, 2.45) is 0 Å². The minimum absolute atomic E-state index is 0.160. The van der Waals surface area contributed by atoms with Crippen molar-refractivity contribution in [3.63, 3.8) is 0 Å². The number of carbonyl (C=O) groups is 4. The zero-order chi connectivity index (χ0) is 35.2. The van der Waals surface area contributed by atoms with Gasteiger partial charge in [-0.3, -0.25) is 9.59 Å². The van der Waals surface area contributed by atoms with Crippen molar-refractivity contribution >= 4 is 24.0 Å². The summed E-state index contributed by atoms with van der Waals surface area (Å²) in [5.41, 5.74) is 3.30. The molecular weight excluding hydrogens is 632 g/mol. The summed E-state index contributed by atoms with van der Waals surface area (Å²) in [4.78, 5) is 66.7. The van der Waals surface area contributed by atoms with Crippen LogP contribution in [-0.4, -0.2) is 94.1 Å². The van der Waals surface area contributed by atoms with E-state index in [1.54, 1.807) is 22.2 Å². The Kier molecular flexibility index (Phi) is 13.1. The van der Waals surface area contributed by atoms with Crippen molar-refractivity contribution in [3.8, 4) is 34.0 Å². The van der Waals surface area contributed by atoms with E-state index in [9.17, 15) is 19.2 Å². The van der Waals surface area contributed by atoms with Crippen LogP contribution in [0.1, 0.15) is 38.3 Å². The number of aromatic nitrogens is 4. The molecule has 0 aliphatic carbocycles. The molecule has 0 aliphatic heterocycles. The van der Waals surface area contributed by atoms with E-state index in [0.29, 0.717) is 36.2 Å². The smallest absolute Gasteiger partial charge is 0.407 e. The Hall–Kier alpha value is -5.86. The molecule has 0 radical (unpaired) electrons. The summed E-state index contributed by atoms with van der Waals surface area (Å²) in [6, 6.07) is 15.1. The van der Waals surface area contributed by atoms with Crippen LogP contribution in [0.5, 0.6) is 11.5 Å². The standard InChI is InChI=1S/C34H42N8O7/c1-5-14-41(31(43)19-37-33(45)47-3)21-29-35-17-27(39-29)23-10-12-25(13-11-23)49-26-9-7-8-24(16-26)28-18-36-30(40-28)22-42(15-6-2)32(44)20-38-34(46)48-4/h7-13,16-18H,5-6,14-15,19-22H2,1-4H3,(H,35,39)(H,36,40)(H,37,45)(H,38,46). The number of hydrogen-bond acceptors (Lipinski definition) is 9. The van der Waals surface area contributed by atoms with Crippen LogP contribution >= 0.6 is 0 Å². The minimum atomic E-state index is -0.663. The van der Waals surface area contributed by atoms with Gasteiger partial charge in [0.05, 0.1) is 51.1 Å². The first-order chi connectivity index (χ1) is 23.7. The van der Waals surface area contributed by atoms with Crippen molar-refractivity contribution in [3.05, 3.63) is 72.6 Å². The number of nitrogens with zero attached hydrogens (tertiary/aromatic N) is 4. The lowest BCUT2D eigenvalue weighted by Crippen LogP contribution is -2.40. The molecule has 2 aromatic heterocycles. The third-order valence-corrected chi connectivity index (χ3v) is 7.32. The summed E-state index contributed by atoms with van der Waals surface area (Å²) in [6.07, 6.45) is 3.60. The van der Waals surface area contributed by atoms with Crippen LogP contribution in [0.2, 0.25) is 0 Å². The number of hydrogen-bond donors (Lipinski definition) is 4. The molecule has 0 aliphatic rings. The first kappa shape index (κ1) is 36.0. The second kappa shape index (κ2) is 17.9. The number of imidazole rings is 2. The highest BCUT2D eigenvalue weighted by Crippen LogP contribution is 2.28. The van der Waals surface area contributed by atoms with E-state index < -0.39 is 12.2 Å². The van der Waals surface area contributed by atoms with Crippen LogP contribution < -0.4 is 15.4 Å². The van der Waals surface area contributed by atoms with Crippen molar-refractivity contribution in [2.75, 3.05) is 40.4 Å². The number of ether oxygens (including phenoxy) is 3. The van der Waals surface area contributed by atoms with E-state index >= 15 is 0 Å². The molecule has 4 aromatic rings. The van der Waals surface area contributed by atoms with E-state index in [1.165, 1.54) is 14.2 Å². The molecule has 4 N–H and O–H groups in total. The molecule has 0 spiro atoms. The molecule has 15 nitrogen and oxygen atoms in total. The third kappa shape index (κ3) is 10.6. The van der Waals surface area contributed by atoms with Crippen molar-refractivity contribution in [1.82, 2.24) is 40.4 Å². The molecule has 0 saturated heterocycles. The SMILES string of the molecule is CCCN(Cc1ncc(-c2ccc(Oc3cccc(-c4cnc(CN(CCC)C(=O)CNC(=O)OC)[nH]4)c3)cc2)[nH]1)C(=O)CNC(=O)OC. The predicted octanol–water partition coefficient (Wildman–Crippen LogP) is 4.45. The Morgan fingerprint density at radius 2 is 1.20 bits per heavy atom. The molecule has 260 valence electrons. The Balaban J connectivity index is 1.36. The fourth-order valence-corrected chi connectivity index (χ4v) is 4.89. The Bertz CT molecular complexity index is 1700. The van der Waals surface area contributed by atoms with Crippen LogP contribution in [0.25, 0.3) is 22.5 Å². The highest BCUT2D eigenvalue weighted by atomic mass is 16.5. The first-order valence-corrected chi connectivity index (χ1v) is 15.9. The van der Waals surface area contributed by atoms with Gasteiger partial charge in [-0.1, -0.05) is 26.0 Å².